The van der Waals surface area contributed by atoms with Gasteiger partial charge in [-0.2, -0.15) is 0 Å². The molecule has 0 amide bonds. The summed E-state index contributed by atoms with van der Waals surface area (Å²) in [4.78, 5) is 17.7. The van der Waals surface area contributed by atoms with Crippen molar-refractivity contribution in [2.75, 3.05) is 13.7 Å². The first kappa shape index (κ1) is 21.7. The predicted molar refractivity (Wildman–Crippen MR) is 128 cm³/mol. The number of halogens is 1. The first-order chi connectivity index (χ1) is 16.2. The minimum absolute atomic E-state index is 0.0842. The molecule has 0 bridgehead atoms. The molecule has 3 heterocycles. The van der Waals surface area contributed by atoms with E-state index in [1.165, 1.54) is 11.8 Å². The average Bonchev–Trinajstić information content (AvgIpc) is 3.48. The van der Waals surface area contributed by atoms with Crippen molar-refractivity contribution in [1.29, 1.82) is 0 Å². The summed E-state index contributed by atoms with van der Waals surface area (Å²) in [7, 11) is 1.64. The molecule has 0 aliphatic rings. The number of fused-ring (bicyclic) bond motifs is 3. The minimum Gasteiger partial charge on any atom is -0.444 e. The van der Waals surface area contributed by atoms with Gasteiger partial charge in [-0.15, -0.1) is 10.2 Å². The van der Waals surface area contributed by atoms with Gasteiger partial charge in [-0.25, -0.2) is 4.98 Å². The van der Waals surface area contributed by atoms with Crippen molar-refractivity contribution < 1.29 is 9.15 Å². The number of thioether (sulfide) groups is 1. The Bertz CT molecular complexity index is 1490. The van der Waals surface area contributed by atoms with E-state index < -0.39 is 0 Å². The van der Waals surface area contributed by atoms with Crippen LogP contribution in [0.1, 0.15) is 12.1 Å². The molecule has 0 saturated carbocycles. The van der Waals surface area contributed by atoms with Gasteiger partial charge in [-0.3, -0.25) is 13.8 Å². The van der Waals surface area contributed by atoms with Crippen LogP contribution in [0.5, 0.6) is 0 Å². The molecule has 2 aromatic carbocycles. The van der Waals surface area contributed by atoms with Gasteiger partial charge in [0, 0.05) is 26.0 Å². The number of oxazole rings is 1. The highest BCUT2D eigenvalue weighted by atomic mass is 35.5. The highest BCUT2D eigenvalue weighted by Crippen LogP contribution is 2.29. The summed E-state index contributed by atoms with van der Waals surface area (Å²) >= 11 is 7.73. The molecule has 0 fully saturated rings. The Kier molecular flexibility index (Phi) is 6.17. The number of aryl methyl sites for hydroxylation is 1. The fourth-order valence-corrected chi connectivity index (χ4v) is 4.70. The van der Waals surface area contributed by atoms with E-state index in [-0.39, 0.29) is 5.56 Å². The first-order valence-electron chi connectivity index (χ1n) is 10.3. The third-order valence-corrected chi connectivity index (χ3v) is 6.51. The Hall–Kier alpha value is -3.14. The number of hydrogen-bond donors (Lipinski definition) is 0. The number of ether oxygens (including phenoxy) is 1. The van der Waals surface area contributed by atoms with Crippen LogP contribution in [0.4, 0.5) is 0 Å². The van der Waals surface area contributed by atoms with Gasteiger partial charge >= 0.3 is 0 Å². The molecule has 0 unspecified atom stereocenters. The van der Waals surface area contributed by atoms with Gasteiger partial charge < -0.3 is 9.15 Å². The molecule has 0 atom stereocenters. The highest BCUT2D eigenvalue weighted by Gasteiger charge is 2.17. The molecular formula is C23H20ClN5O3S. The van der Waals surface area contributed by atoms with Gasteiger partial charge in [0.1, 0.15) is 6.26 Å². The topological polar surface area (TPSA) is 87.5 Å². The molecule has 8 nitrogen and oxygen atoms in total. The zero-order valence-corrected chi connectivity index (χ0v) is 19.3. The van der Waals surface area contributed by atoms with Crippen LogP contribution < -0.4 is 5.56 Å². The van der Waals surface area contributed by atoms with E-state index in [9.17, 15) is 4.79 Å². The summed E-state index contributed by atoms with van der Waals surface area (Å²) < 4.78 is 14.4. The summed E-state index contributed by atoms with van der Waals surface area (Å²) in [6, 6.07) is 14.9. The van der Waals surface area contributed by atoms with Crippen molar-refractivity contribution in [2.45, 2.75) is 23.9 Å². The highest BCUT2D eigenvalue weighted by molar-refractivity contribution is 7.98. The molecule has 5 aromatic rings. The number of hydrogen-bond acceptors (Lipinski definition) is 7. The number of para-hydroxylation sites is 1. The van der Waals surface area contributed by atoms with E-state index in [0.29, 0.717) is 52.6 Å². The Morgan fingerprint density at radius 1 is 1.12 bits per heavy atom. The standard InChI is InChI=1S/C23H20ClN5O3S/c1-31-12-6-11-28-21(30)17-8-3-5-10-19(17)29-22(28)26-27-23(29)33-14-15-13-32-20(25-15)16-7-2-4-9-18(16)24/h2-5,7-10,13H,6,11-12,14H2,1H3. The molecule has 0 radical (unpaired) electrons. The molecule has 0 saturated heterocycles. The van der Waals surface area contributed by atoms with Crippen molar-refractivity contribution in [3.63, 3.8) is 0 Å². The number of rotatable bonds is 8. The van der Waals surface area contributed by atoms with Gasteiger partial charge in [0.25, 0.3) is 5.56 Å². The predicted octanol–water partition coefficient (Wildman–Crippen LogP) is 4.68. The van der Waals surface area contributed by atoms with Crippen molar-refractivity contribution in [3.05, 3.63) is 75.9 Å². The molecule has 3 aromatic heterocycles. The van der Waals surface area contributed by atoms with E-state index in [2.05, 4.69) is 15.2 Å². The molecule has 0 aliphatic carbocycles. The number of aromatic nitrogens is 5. The number of methoxy groups -OCH3 is 1. The maximum atomic E-state index is 13.1. The summed E-state index contributed by atoms with van der Waals surface area (Å²) in [5.74, 6) is 1.50. The fourth-order valence-electron chi connectivity index (χ4n) is 3.67. The second-order valence-corrected chi connectivity index (χ2v) is 8.70. The smallest absolute Gasteiger partial charge is 0.262 e. The van der Waals surface area contributed by atoms with Gasteiger partial charge in [-0.05, 0) is 30.7 Å². The summed E-state index contributed by atoms with van der Waals surface area (Å²) in [5.41, 5.74) is 2.18. The second-order valence-electron chi connectivity index (χ2n) is 7.35. The third kappa shape index (κ3) is 4.15. The van der Waals surface area contributed by atoms with E-state index in [1.807, 2.05) is 46.9 Å². The minimum atomic E-state index is -0.0842. The normalized spacial score (nSPS) is 11.6. The maximum Gasteiger partial charge on any atom is 0.262 e. The van der Waals surface area contributed by atoms with Crippen molar-refractivity contribution in [2.24, 2.45) is 0 Å². The van der Waals surface area contributed by atoms with Crippen LogP contribution in [0.15, 0.2) is 69.2 Å². The summed E-state index contributed by atoms with van der Waals surface area (Å²) in [6.07, 6.45) is 2.32. The van der Waals surface area contributed by atoms with Gasteiger partial charge in [0.15, 0.2) is 5.16 Å². The maximum absolute atomic E-state index is 13.1. The monoisotopic (exact) mass is 481 g/mol. The van der Waals surface area contributed by atoms with E-state index >= 15 is 0 Å². The Balaban J connectivity index is 1.48. The van der Waals surface area contributed by atoms with Gasteiger partial charge in [0.05, 0.1) is 27.2 Å². The quantitative estimate of drug-likeness (QED) is 0.235. The Morgan fingerprint density at radius 3 is 2.79 bits per heavy atom. The van der Waals surface area contributed by atoms with E-state index in [1.54, 1.807) is 24.0 Å². The second kappa shape index (κ2) is 9.38. The zero-order valence-electron chi connectivity index (χ0n) is 17.8. The Morgan fingerprint density at radius 2 is 1.94 bits per heavy atom. The van der Waals surface area contributed by atoms with Gasteiger partial charge in [0.2, 0.25) is 11.7 Å². The number of benzene rings is 2. The molecule has 10 heteroatoms. The number of nitrogens with zero attached hydrogens (tertiary/aromatic N) is 5. The van der Waals surface area contributed by atoms with Crippen LogP contribution in [0.3, 0.4) is 0 Å². The van der Waals surface area contributed by atoms with Crippen LogP contribution in [-0.4, -0.2) is 37.9 Å². The van der Waals surface area contributed by atoms with Crippen molar-refractivity contribution in [3.8, 4) is 11.5 Å². The van der Waals surface area contributed by atoms with Crippen molar-refractivity contribution in [1.82, 2.24) is 24.1 Å². The molecule has 5 rings (SSSR count). The van der Waals surface area contributed by atoms with Gasteiger partial charge in [-0.1, -0.05) is 47.6 Å². The lowest BCUT2D eigenvalue weighted by Crippen LogP contribution is -2.24. The molecular weight excluding hydrogens is 462 g/mol. The molecule has 0 aliphatic heterocycles. The lowest BCUT2D eigenvalue weighted by Gasteiger charge is -2.10. The van der Waals surface area contributed by atoms with Crippen LogP contribution in [0, 0.1) is 0 Å². The zero-order chi connectivity index (χ0) is 22.8. The molecule has 33 heavy (non-hydrogen) atoms. The van der Waals surface area contributed by atoms with Crippen LogP contribution >= 0.6 is 23.4 Å². The average molecular weight is 482 g/mol. The van der Waals surface area contributed by atoms with Crippen LogP contribution in [0.2, 0.25) is 5.02 Å². The summed E-state index contributed by atoms with van der Waals surface area (Å²) in [5, 5.41) is 10.6. The first-order valence-corrected chi connectivity index (χ1v) is 11.7. The van der Waals surface area contributed by atoms with E-state index in [0.717, 1.165) is 16.8 Å². The largest absolute Gasteiger partial charge is 0.444 e. The van der Waals surface area contributed by atoms with Crippen molar-refractivity contribution >= 4 is 40.0 Å². The molecule has 0 N–H and O–H groups in total. The third-order valence-electron chi connectivity index (χ3n) is 5.21. The lowest BCUT2D eigenvalue weighted by atomic mass is 10.2. The Labute approximate surface area is 198 Å². The molecule has 168 valence electrons. The van der Waals surface area contributed by atoms with E-state index in [4.69, 9.17) is 20.8 Å². The summed E-state index contributed by atoms with van der Waals surface area (Å²) in [6.45, 7) is 1.05. The molecule has 0 spiro atoms. The van der Waals surface area contributed by atoms with Crippen LogP contribution in [0.25, 0.3) is 28.1 Å². The lowest BCUT2D eigenvalue weighted by molar-refractivity contribution is 0.190. The fraction of sp³-hybridized carbons (Fsp3) is 0.217. The van der Waals surface area contributed by atoms with Crippen LogP contribution in [-0.2, 0) is 17.0 Å². The SMILES string of the molecule is COCCCn1c(=O)c2ccccc2n2c(SCc3coc(-c4ccccc4Cl)n3)nnc12.